The van der Waals surface area contributed by atoms with E-state index in [2.05, 4.69) is 84.5 Å². The Bertz CT molecular complexity index is 525. The minimum Gasteiger partial charge on any atom is -0.307 e. The molecule has 0 fully saturated rings. The van der Waals surface area contributed by atoms with Crippen LogP contribution >= 0.6 is 15.9 Å². The highest BCUT2D eigenvalue weighted by Gasteiger charge is 2.13. The third-order valence-corrected chi connectivity index (χ3v) is 3.67. The van der Waals surface area contributed by atoms with Crippen LogP contribution in [0.25, 0.3) is 0 Å². The summed E-state index contributed by atoms with van der Waals surface area (Å²) in [5.74, 6) is 0. The summed E-state index contributed by atoms with van der Waals surface area (Å²) in [5, 5.41) is 3.57. The van der Waals surface area contributed by atoms with E-state index >= 15 is 0 Å². The fraction of sp³-hybridized carbons (Fsp3) is 0.294. The lowest BCUT2D eigenvalue weighted by Gasteiger charge is -2.20. The van der Waals surface area contributed by atoms with Gasteiger partial charge in [-0.3, -0.25) is 0 Å². The zero-order chi connectivity index (χ0) is 13.8. The molecule has 2 aromatic rings. The topological polar surface area (TPSA) is 12.0 Å². The van der Waals surface area contributed by atoms with Crippen LogP contribution in [0.4, 0.5) is 0 Å². The lowest BCUT2D eigenvalue weighted by Crippen LogP contribution is -2.22. The smallest absolute Gasteiger partial charge is 0.0577 e. The van der Waals surface area contributed by atoms with Gasteiger partial charge in [-0.15, -0.1) is 0 Å². The molecule has 2 aromatic carbocycles. The van der Waals surface area contributed by atoms with Crippen molar-refractivity contribution in [1.82, 2.24) is 5.32 Å². The molecule has 1 nitrogen and oxygen atoms in total. The van der Waals surface area contributed by atoms with Gasteiger partial charge in [0.2, 0.25) is 0 Å². The summed E-state index contributed by atoms with van der Waals surface area (Å²) in [4.78, 5) is 0. The van der Waals surface area contributed by atoms with E-state index in [0.29, 0.717) is 0 Å². The summed E-state index contributed by atoms with van der Waals surface area (Å²) in [6, 6.07) is 15.6. The van der Waals surface area contributed by atoms with Crippen LogP contribution in [0.15, 0.2) is 46.9 Å². The second kappa shape index (κ2) is 6.36. The third-order valence-electron chi connectivity index (χ3n) is 3.22. The summed E-state index contributed by atoms with van der Waals surface area (Å²) in [6.45, 7) is 7.35. The van der Waals surface area contributed by atoms with Crippen molar-refractivity contribution in [2.45, 2.75) is 26.8 Å². The normalized spacial score (nSPS) is 12.4. The van der Waals surface area contributed by atoms with Crippen molar-refractivity contribution in [1.29, 1.82) is 0 Å². The average molecular weight is 318 g/mol. The van der Waals surface area contributed by atoms with E-state index in [9.17, 15) is 0 Å². The number of rotatable bonds is 4. The van der Waals surface area contributed by atoms with Crippen molar-refractivity contribution in [2.24, 2.45) is 0 Å². The van der Waals surface area contributed by atoms with Gasteiger partial charge >= 0.3 is 0 Å². The van der Waals surface area contributed by atoms with Gasteiger partial charge in [0.15, 0.2) is 0 Å². The van der Waals surface area contributed by atoms with Crippen LogP contribution in [-0.2, 0) is 0 Å². The molecule has 0 saturated heterocycles. The number of benzene rings is 2. The first-order valence-electron chi connectivity index (χ1n) is 6.67. The molecule has 0 aliphatic heterocycles. The Morgan fingerprint density at radius 2 is 1.63 bits per heavy atom. The van der Waals surface area contributed by atoms with Gasteiger partial charge < -0.3 is 5.32 Å². The van der Waals surface area contributed by atoms with Crippen LogP contribution in [0, 0.1) is 13.8 Å². The monoisotopic (exact) mass is 317 g/mol. The molecular weight excluding hydrogens is 298 g/mol. The third kappa shape index (κ3) is 3.68. The highest BCUT2D eigenvalue weighted by Crippen LogP contribution is 2.26. The second-order valence-corrected chi connectivity index (χ2v) is 5.88. The molecule has 100 valence electrons. The fourth-order valence-corrected chi connectivity index (χ4v) is 2.95. The zero-order valence-electron chi connectivity index (χ0n) is 11.7. The molecule has 2 heteroatoms. The van der Waals surface area contributed by atoms with E-state index in [1.54, 1.807) is 0 Å². The lowest BCUT2D eigenvalue weighted by atomic mass is 9.96. The maximum absolute atomic E-state index is 3.59. The van der Waals surface area contributed by atoms with E-state index < -0.39 is 0 Å². The van der Waals surface area contributed by atoms with Crippen molar-refractivity contribution in [2.75, 3.05) is 6.54 Å². The van der Waals surface area contributed by atoms with E-state index in [-0.39, 0.29) is 6.04 Å². The Morgan fingerprint density at radius 1 is 0.947 bits per heavy atom. The first kappa shape index (κ1) is 14.3. The first-order chi connectivity index (χ1) is 9.10. The fourth-order valence-electron chi connectivity index (χ4n) is 2.32. The Labute approximate surface area is 124 Å². The standard InChI is InChI=1S/C17H20BrN/c1-4-19-17(14-7-5-12(2)6-8-14)15-9-13(3)10-16(18)11-15/h5-11,17,19H,4H2,1-3H3. The number of nitrogens with one attached hydrogen (secondary N) is 1. The van der Waals surface area contributed by atoms with Crippen LogP contribution in [0.2, 0.25) is 0 Å². The Balaban J connectivity index is 2.41. The molecule has 19 heavy (non-hydrogen) atoms. The van der Waals surface area contributed by atoms with Crippen molar-refractivity contribution < 1.29 is 0 Å². The van der Waals surface area contributed by atoms with Gasteiger partial charge in [0.05, 0.1) is 6.04 Å². The van der Waals surface area contributed by atoms with Crippen molar-refractivity contribution >= 4 is 15.9 Å². The van der Waals surface area contributed by atoms with Crippen LogP contribution in [0.1, 0.15) is 35.2 Å². The van der Waals surface area contributed by atoms with E-state index in [1.165, 1.54) is 22.3 Å². The van der Waals surface area contributed by atoms with Gasteiger partial charge in [0, 0.05) is 4.47 Å². The van der Waals surface area contributed by atoms with Gasteiger partial charge in [0.1, 0.15) is 0 Å². The zero-order valence-corrected chi connectivity index (χ0v) is 13.3. The summed E-state index contributed by atoms with van der Waals surface area (Å²) in [6.07, 6.45) is 0. The molecule has 2 rings (SSSR count). The molecule has 0 radical (unpaired) electrons. The molecule has 0 saturated carbocycles. The molecule has 0 spiro atoms. The van der Waals surface area contributed by atoms with E-state index in [0.717, 1.165) is 11.0 Å². The highest BCUT2D eigenvalue weighted by molar-refractivity contribution is 9.10. The SMILES string of the molecule is CCNC(c1ccc(C)cc1)c1cc(C)cc(Br)c1. The summed E-state index contributed by atoms with van der Waals surface area (Å²) >= 11 is 3.59. The number of hydrogen-bond acceptors (Lipinski definition) is 1. The summed E-state index contributed by atoms with van der Waals surface area (Å²) in [5.41, 5.74) is 5.19. The molecule has 0 aliphatic rings. The van der Waals surface area contributed by atoms with Crippen molar-refractivity contribution in [3.05, 3.63) is 69.2 Å². The van der Waals surface area contributed by atoms with E-state index in [1.807, 2.05) is 0 Å². The van der Waals surface area contributed by atoms with Crippen LogP contribution in [-0.4, -0.2) is 6.54 Å². The molecule has 1 N–H and O–H groups in total. The average Bonchev–Trinajstić information content (AvgIpc) is 2.36. The van der Waals surface area contributed by atoms with Gasteiger partial charge in [-0.25, -0.2) is 0 Å². The minimum atomic E-state index is 0.252. The van der Waals surface area contributed by atoms with E-state index in [4.69, 9.17) is 0 Å². The van der Waals surface area contributed by atoms with Crippen molar-refractivity contribution in [3.8, 4) is 0 Å². The molecular formula is C17H20BrN. The molecule has 0 aromatic heterocycles. The summed E-state index contributed by atoms with van der Waals surface area (Å²) in [7, 11) is 0. The maximum Gasteiger partial charge on any atom is 0.0577 e. The van der Waals surface area contributed by atoms with Crippen molar-refractivity contribution in [3.63, 3.8) is 0 Å². The first-order valence-corrected chi connectivity index (χ1v) is 7.46. The molecule has 0 amide bonds. The van der Waals surface area contributed by atoms with Gasteiger partial charge in [-0.05, 0) is 49.2 Å². The van der Waals surface area contributed by atoms with Crippen LogP contribution in [0.5, 0.6) is 0 Å². The lowest BCUT2D eigenvalue weighted by molar-refractivity contribution is 0.630. The highest BCUT2D eigenvalue weighted by atomic mass is 79.9. The molecule has 1 atom stereocenters. The number of halogens is 1. The largest absolute Gasteiger partial charge is 0.307 e. The number of hydrogen-bond donors (Lipinski definition) is 1. The Morgan fingerprint density at radius 3 is 2.21 bits per heavy atom. The maximum atomic E-state index is 3.59. The number of aryl methyl sites for hydroxylation is 2. The predicted molar refractivity (Wildman–Crippen MR) is 85.6 cm³/mol. The second-order valence-electron chi connectivity index (χ2n) is 4.96. The molecule has 0 heterocycles. The van der Waals surface area contributed by atoms with Crippen LogP contribution < -0.4 is 5.32 Å². The quantitative estimate of drug-likeness (QED) is 0.856. The molecule has 0 bridgehead atoms. The van der Waals surface area contributed by atoms with Gasteiger partial charge in [0.25, 0.3) is 0 Å². The molecule has 1 unspecified atom stereocenters. The minimum absolute atomic E-state index is 0.252. The molecule has 0 aliphatic carbocycles. The van der Waals surface area contributed by atoms with Gasteiger partial charge in [-0.2, -0.15) is 0 Å². The van der Waals surface area contributed by atoms with Crippen LogP contribution in [0.3, 0.4) is 0 Å². The Hall–Kier alpha value is -1.12. The predicted octanol–water partition coefficient (Wildman–Crippen LogP) is 4.76. The summed E-state index contributed by atoms with van der Waals surface area (Å²) < 4.78 is 1.14. The Kier molecular flexibility index (Phi) is 4.78. The van der Waals surface area contributed by atoms with Gasteiger partial charge in [-0.1, -0.05) is 58.7 Å².